The zero-order chi connectivity index (χ0) is 11.8. The van der Waals surface area contributed by atoms with Crippen molar-refractivity contribution in [2.45, 2.75) is 25.3 Å². The standard InChI is InChI=1S/C9H12N2O4/c1-2-3-4-8(13)11-6(9(14)15)5-7(10)12/h1,6H,3-5H2,(H2,10,12)(H,11,13)(H,14,15)/t6-/m0/s1. The average molecular weight is 212 g/mol. The first-order valence-electron chi connectivity index (χ1n) is 4.21. The summed E-state index contributed by atoms with van der Waals surface area (Å²) >= 11 is 0. The van der Waals surface area contributed by atoms with Gasteiger partial charge in [-0.25, -0.2) is 4.79 Å². The van der Waals surface area contributed by atoms with Crippen molar-refractivity contribution < 1.29 is 19.5 Å². The smallest absolute Gasteiger partial charge is 0.326 e. The largest absolute Gasteiger partial charge is 0.480 e. The molecule has 82 valence electrons. The number of carbonyl (C=O) groups excluding carboxylic acids is 2. The first-order valence-corrected chi connectivity index (χ1v) is 4.21. The van der Waals surface area contributed by atoms with Gasteiger partial charge in [-0.1, -0.05) is 0 Å². The Morgan fingerprint density at radius 1 is 1.47 bits per heavy atom. The zero-order valence-electron chi connectivity index (χ0n) is 8.03. The summed E-state index contributed by atoms with van der Waals surface area (Å²) in [7, 11) is 0. The first kappa shape index (κ1) is 13.0. The minimum atomic E-state index is -1.30. The molecule has 0 fully saturated rings. The summed E-state index contributed by atoms with van der Waals surface area (Å²) in [5.74, 6) is -0.365. The van der Waals surface area contributed by atoms with E-state index in [0.717, 1.165) is 0 Å². The molecular formula is C9H12N2O4. The Balaban J connectivity index is 4.17. The number of nitrogens with one attached hydrogen (secondary N) is 1. The number of hydrogen-bond acceptors (Lipinski definition) is 3. The second kappa shape index (κ2) is 6.43. The maximum Gasteiger partial charge on any atom is 0.326 e. The van der Waals surface area contributed by atoms with Gasteiger partial charge in [0.15, 0.2) is 0 Å². The molecule has 0 aromatic rings. The second-order valence-electron chi connectivity index (χ2n) is 2.83. The highest BCUT2D eigenvalue weighted by Crippen LogP contribution is 1.94. The number of carbonyl (C=O) groups is 3. The molecule has 0 unspecified atom stereocenters. The van der Waals surface area contributed by atoms with Gasteiger partial charge in [-0.2, -0.15) is 0 Å². The number of carboxylic acids is 1. The minimum absolute atomic E-state index is 0.0268. The van der Waals surface area contributed by atoms with E-state index < -0.39 is 30.2 Å². The van der Waals surface area contributed by atoms with Crippen LogP contribution in [-0.4, -0.2) is 28.9 Å². The van der Waals surface area contributed by atoms with Gasteiger partial charge in [0, 0.05) is 12.8 Å². The van der Waals surface area contributed by atoms with Crippen molar-refractivity contribution in [2.75, 3.05) is 0 Å². The molecule has 0 saturated heterocycles. The van der Waals surface area contributed by atoms with E-state index in [-0.39, 0.29) is 12.8 Å². The van der Waals surface area contributed by atoms with Gasteiger partial charge in [0.2, 0.25) is 11.8 Å². The number of aliphatic carboxylic acids is 1. The fourth-order valence-corrected chi connectivity index (χ4v) is 0.853. The predicted octanol–water partition coefficient (Wildman–Crippen LogP) is -1.16. The highest BCUT2D eigenvalue weighted by Gasteiger charge is 2.21. The van der Waals surface area contributed by atoms with E-state index in [4.69, 9.17) is 17.3 Å². The molecule has 0 bridgehead atoms. The molecule has 0 saturated carbocycles. The molecule has 0 aliphatic carbocycles. The Bertz CT molecular complexity index is 306. The molecule has 0 aliphatic heterocycles. The van der Waals surface area contributed by atoms with Crippen LogP contribution in [0.15, 0.2) is 0 Å². The molecule has 4 N–H and O–H groups in total. The molecule has 6 heteroatoms. The molecule has 0 heterocycles. The van der Waals surface area contributed by atoms with Crippen LogP contribution in [0.25, 0.3) is 0 Å². The summed E-state index contributed by atoms with van der Waals surface area (Å²) in [5.41, 5.74) is 4.82. The number of terminal acetylenes is 1. The lowest BCUT2D eigenvalue weighted by molar-refractivity contribution is -0.143. The van der Waals surface area contributed by atoms with Crippen molar-refractivity contribution in [3.05, 3.63) is 0 Å². The molecule has 2 amide bonds. The van der Waals surface area contributed by atoms with Crippen LogP contribution in [0.1, 0.15) is 19.3 Å². The van der Waals surface area contributed by atoms with E-state index in [1.807, 2.05) is 0 Å². The van der Waals surface area contributed by atoms with Gasteiger partial charge in [-0.3, -0.25) is 9.59 Å². The van der Waals surface area contributed by atoms with Crippen LogP contribution in [-0.2, 0) is 14.4 Å². The van der Waals surface area contributed by atoms with Crippen LogP contribution in [0.3, 0.4) is 0 Å². The van der Waals surface area contributed by atoms with Crippen LogP contribution in [0.2, 0.25) is 0 Å². The second-order valence-corrected chi connectivity index (χ2v) is 2.83. The third-order valence-corrected chi connectivity index (χ3v) is 1.54. The Morgan fingerprint density at radius 3 is 2.47 bits per heavy atom. The lowest BCUT2D eigenvalue weighted by atomic mass is 10.2. The normalized spacial score (nSPS) is 11.1. The number of primary amides is 1. The molecule has 1 atom stereocenters. The van der Waals surface area contributed by atoms with Crippen molar-refractivity contribution in [2.24, 2.45) is 5.73 Å². The van der Waals surface area contributed by atoms with E-state index in [1.54, 1.807) is 0 Å². The van der Waals surface area contributed by atoms with Crippen LogP contribution >= 0.6 is 0 Å². The maximum absolute atomic E-state index is 11.1. The van der Waals surface area contributed by atoms with E-state index in [1.165, 1.54) is 0 Å². The monoisotopic (exact) mass is 212 g/mol. The molecule has 15 heavy (non-hydrogen) atoms. The third-order valence-electron chi connectivity index (χ3n) is 1.54. The van der Waals surface area contributed by atoms with Crippen molar-refractivity contribution in [3.63, 3.8) is 0 Å². The van der Waals surface area contributed by atoms with E-state index in [0.29, 0.717) is 0 Å². The van der Waals surface area contributed by atoms with Crippen molar-refractivity contribution in [1.82, 2.24) is 5.32 Å². The van der Waals surface area contributed by atoms with Crippen molar-refractivity contribution in [1.29, 1.82) is 0 Å². The molecule has 0 aliphatic rings. The molecular weight excluding hydrogens is 200 g/mol. The predicted molar refractivity (Wildman–Crippen MR) is 51.4 cm³/mol. The highest BCUT2D eigenvalue weighted by atomic mass is 16.4. The van der Waals surface area contributed by atoms with Gasteiger partial charge in [0.1, 0.15) is 6.04 Å². The van der Waals surface area contributed by atoms with Gasteiger partial charge in [-0.15, -0.1) is 12.3 Å². The number of rotatable bonds is 6. The summed E-state index contributed by atoms with van der Waals surface area (Å²) in [5, 5.41) is 10.8. The third kappa shape index (κ3) is 6.10. The molecule has 0 spiro atoms. The number of nitrogens with two attached hydrogens (primary N) is 1. The molecule has 0 aromatic carbocycles. The van der Waals surface area contributed by atoms with E-state index >= 15 is 0 Å². The van der Waals surface area contributed by atoms with Crippen LogP contribution in [0.4, 0.5) is 0 Å². The van der Waals surface area contributed by atoms with Crippen LogP contribution < -0.4 is 11.1 Å². The fourth-order valence-electron chi connectivity index (χ4n) is 0.853. The van der Waals surface area contributed by atoms with Gasteiger partial charge >= 0.3 is 5.97 Å². The fraction of sp³-hybridized carbons (Fsp3) is 0.444. The summed E-state index contributed by atoms with van der Waals surface area (Å²) in [4.78, 5) is 32.1. The summed E-state index contributed by atoms with van der Waals surface area (Å²) in [6.07, 6.45) is 4.74. The number of carboxylic acid groups (broad SMARTS) is 1. The molecule has 6 nitrogen and oxygen atoms in total. The quantitative estimate of drug-likeness (QED) is 0.482. The Labute approximate surface area is 86.8 Å². The number of amides is 2. The van der Waals surface area contributed by atoms with Gasteiger partial charge in [-0.05, 0) is 0 Å². The highest BCUT2D eigenvalue weighted by molar-refractivity contribution is 5.88. The van der Waals surface area contributed by atoms with Crippen LogP contribution in [0, 0.1) is 12.3 Å². The molecule has 0 aromatic heterocycles. The van der Waals surface area contributed by atoms with Crippen LogP contribution in [0.5, 0.6) is 0 Å². The topological polar surface area (TPSA) is 109 Å². The lowest BCUT2D eigenvalue weighted by Crippen LogP contribution is -2.43. The minimum Gasteiger partial charge on any atom is -0.480 e. The van der Waals surface area contributed by atoms with Crippen molar-refractivity contribution in [3.8, 4) is 12.3 Å². The van der Waals surface area contributed by atoms with E-state index in [2.05, 4.69) is 11.2 Å². The van der Waals surface area contributed by atoms with Gasteiger partial charge < -0.3 is 16.2 Å². The molecule has 0 radical (unpaired) electrons. The lowest BCUT2D eigenvalue weighted by Gasteiger charge is -2.11. The summed E-state index contributed by atoms with van der Waals surface area (Å²) in [6, 6.07) is -1.28. The Hall–Kier alpha value is -2.03. The van der Waals surface area contributed by atoms with Gasteiger partial charge in [0.25, 0.3) is 0 Å². The summed E-state index contributed by atoms with van der Waals surface area (Å²) < 4.78 is 0. The summed E-state index contributed by atoms with van der Waals surface area (Å²) in [6.45, 7) is 0. The average Bonchev–Trinajstić information content (AvgIpc) is 2.12. The van der Waals surface area contributed by atoms with Crippen molar-refractivity contribution >= 4 is 17.8 Å². The number of hydrogen-bond donors (Lipinski definition) is 3. The first-order chi connectivity index (χ1) is 6.97. The van der Waals surface area contributed by atoms with Gasteiger partial charge in [0.05, 0.1) is 6.42 Å². The van der Waals surface area contributed by atoms with E-state index in [9.17, 15) is 14.4 Å². The maximum atomic E-state index is 11.1. The Kier molecular flexibility index (Phi) is 5.56. The molecule has 0 rings (SSSR count). The Morgan fingerprint density at radius 2 is 2.07 bits per heavy atom. The SMILES string of the molecule is C#CCCC(=O)N[C@@H](CC(N)=O)C(=O)O. The zero-order valence-corrected chi connectivity index (χ0v) is 8.03.